The second-order valence-electron chi connectivity index (χ2n) is 7.06. The molecule has 1 aliphatic rings. The van der Waals surface area contributed by atoms with E-state index in [9.17, 15) is 0 Å². The highest BCUT2D eigenvalue weighted by atomic mass is 15.1. The Morgan fingerprint density at radius 2 is 1.56 bits per heavy atom. The molecule has 1 aliphatic heterocycles. The Labute approximate surface area is 147 Å². The first kappa shape index (κ1) is 14.4. The van der Waals surface area contributed by atoms with Crippen LogP contribution in [0.25, 0.3) is 16.6 Å². The number of aromatic nitrogens is 1. The van der Waals surface area contributed by atoms with Crippen LogP contribution in [0.1, 0.15) is 23.7 Å². The van der Waals surface area contributed by atoms with E-state index < -0.39 is 0 Å². The highest BCUT2D eigenvalue weighted by Gasteiger charge is 2.37. The molecule has 2 nitrogen and oxygen atoms in total. The zero-order valence-electron chi connectivity index (χ0n) is 14.5. The third-order valence-electron chi connectivity index (χ3n) is 5.38. The lowest BCUT2D eigenvalue weighted by molar-refractivity contribution is 0.607. The summed E-state index contributed by atoms with van der Waals surface area (Å²) in [5.41, 5.74) is 7.19. The molecule has 5 rings (SSSR count). The highest BCUT2D eigenvalue weighted by molar-refractivity contribution is 5.87. The predicted octanol–water partition coefficient (Wildman–Crippen LogP) is 5.63. The largest absolute Gasteiger partial charge is 0.369 e. The second kappa shape index (κ2) is 5.00. The van der Waals surface area contributed by atoms with Crippen molar-refractivity contribution in [1.29, 1.82) is 0 Å². The predicted molar refractivity (Wildman–Crippen MR) is 105 cm³/mol. The first-order valence-corrected chi connectivity index (χ1v) is 8.72. The Morgan fingerprint density at radius 1 is 0.840 bits per heavy atom. The summed E-state index contributed by atoms with van der Waals surface area (Å²) in [6, 6.07) is 28.3. The number of fused-ring (bicyclic) bond motifs is 5. The molecule has 4 aromatic rings. The molecule has 0 saturated heterocycles. The molecule has 0 aliphatic carbocycles. The summed E-state index contributed by atoms with van der Waals surface area (Å²) in [7, 11) is 0. The van der Waals surface area contributed by atoms with Crippen LogP contribution < -0.4 is 5.32 Å². The molecule has 0 radical (unpaired) electrons. The normalized spacial score (nSPS) is 18.5. The minimum atomic E-state index is -0.277. The lowest BCUT2D eigenvalue weighted by Gasteiger charge is -2.39. The van der Waals surface area contributed by atoms with Crippen LogP contribution in [0.15, 0.2) is 78.9 Å². The molecule has 0 spiro atoms. The molecule has 1 aromatic heterocycles. The lowest BCUT2D eigenvalue weighted by Crippen LogP contribution is -2.38. The fraction of sp³-hybridized carbons (Fsp3) is 0.130. The average Bonchev–Trinajstić information content (AvgIpc) is 3.03. The summed E-state index contributed by atoms with van der Waals surface area (Å²) >= 11 is 0. The van der Waals surface area contributed by atoms with Gasteiger partial charge in [-0.05, 0) is 43.7 Å². The van der Waals surface area contributed by atoms with E-state index in [1.807, 2.05) is 0 Å². The highest BCUT2D eigenvalue weighted by Crippen LogP contribution is 2.44. The van der Waals surface area contributed by atoms with E-state index in [2.05, 4.69) is 103 Å². The fourth-order valence-electron chi connectivity index (χ4n) is 4.00. The van der Waals surface area contributed by atoms with E-state index >= 15 is 0 Å². The van der Waals surface area contributed by atoms with Gasteiger partial charge in [-0.25, -0.2) is 0 Å². The van der Waals surface area contributed by atoms with Crippen LogP contribution in [0.3, 0.4) is 0 Å². The molecule has 2 heterocycles. The first-order chi connectivity index (χ1) is 12.2. The van der Waals surface area contributed by atoms with E-state index in [0.717, 1.165) is 0 Å². The van der Waals surface area contributed by atoms with Crippen LogP contribution in [-0.2, 0) is 5.54 Å². The summed E-state index contributed by atoms with van der Waals surface area (Å²) in [5, 5.41) is 5.08. The van der Waals surface area contributed by atoms with Crippen molar-refractivity contribution >= 4 is 16.6 Å². The Balaban J connectivity index is 1.86. The molecule has 1 N–H and O–H groups in total. The van der Waals surface area contributed by atoms with Gasteiger partial charge in [-0.3, -0.25) is 0 Å². The number of hydrogen-bond donors (Lipinski definition) is 1. The van der Waals surface area contributed by atoms with E-state index in [1.165, 1.54) is 39.1 Å². The van der Waals surface area contributed by atoms with Gasteiger partial charge >= 0.3 is 0 Å². The van der Waals surface area contributed by atoms with Crippen molar-refractivity contribution in [2.75, 3.05) is 5.32 Å². The van der Waals surface area contributed by atoms with Crippen LogP contribution in [0, 0.1) is 6.92 Å². The first-order valence-electron chi connectivity index (χ1n) is 8.72. The van der Waals surface area contributed by atoms with Gasteiger partial charge in [-0.1, -0.05) is 60.2 Å². The molecule has 2 heteroatoms. The maximum atomic E-state index is 3.81. The van der Waals surface area contributed by atoms with Crippen molar-refractivity contribution < 1.29 is 0 Å². The third kappa shape index (κ3) is 1.97. The van der Waals surface area contributed by atoms with E-state index in [-0.39, 0.29) is 5.54 Å². The maximum Gasteiger partial charge on any atom is 0.101 e. The van der Waals surface area contributed by atoms with Crippen molar-refractivity contribution in [3.8, 4) is 5.69 Å². The third-order valence-corrected chi connectivity index (χ3v) is 5.38. The molecule has 0 saturated carbocycles. The minimum Gasteiger partial charge on any atom is -0.369 e. The topological polar surface area (TPSA) is 17.0 Å². The second-order valence-corrected chi connectivity index (χ2v) is 7.06. The van der Waals surface area contributed by atoms with Crippen molar-refractivity contribution in [2.24, 2.45) is 0 Å². The maximum absolute atomic E-state index is 3.81. The van der Waals surface area contributed by atoms with Crippen LogP contribution in [0.2, 0.25) is 0 Å². The number of para-hydroxylation sites is 3. The lowest BCUT2D eigenvalue weighted by atomic mass is 9.86. The Kier molecular flexibility index (Phi) is 2.87. The van der Waals surface area contributed by atoms with Gasteiger partial charge in [0.05, 0.1) is 22.6 Å². The number of anilines is 1. The Morgan fingerprint density at radius 3 is 2.40 bits per heavy atom. The molecule has 0 amide bonds. The van der Waals surface area contributed by atoms with Gasteiger partial charge in [0.15, 0.2) is 0 Å². The SMILES string of the molecule is Cc1ccc(C2(C)Nc3ccccc3-n3c2cc2ccccc23)cc1. The monoisotopic (exact) mass is 324 g/mol. The number of benzene rings is 3. The molecule has 122 valence electrons. The van der Waals surface area contributed by atoms with Crippen molar-refractivity contribution in [2.45, 2.75) is 19.4 Å². The van der Waals surface area contributed by atoms with Crippen LogP contribution >= 0.6 is 0 Å². The quantitative estimate of drug-likeness (QED) is 0.480. The standard InChI is InChI=1S/C23H20N2/c1-16-11-13-18(14-12-16)23(2)22-15-17-7-3-5-9-20(17)25(22)21-10-6-4-8-19(21)24-23/h3-15,24H,1-2H3. The summed E-state index contributed by atoms with van der Waals surface area (Å²) in [4.78, 5) is 0. The average molecular weight is 324 g/mol. The number of nitrogens with zero attached hydrogens (tertiary/aromatic N) is 1. The van der Waals surface area contributed by atoms with Crippen molar-refractivity contribution in [3.05, 3.63) is 95.7 Å². The Bertz CT molecular complexity index is 1090. The van der Waals surface area contributed by atoms with Gasteiger partial charge in [0.1, 0.15) is 5.54 Å². The van der Waals surface area contributed by atoms with Gasteiger partial charge in [-0.2, -0.15) is 0 Å². The fourth-order valence-corrected chi connectivity index (χ4v) is 4.00. The zero-order chi connectivity index (χ0) is 17.0. The molecule has 3 aromatic carbocycles. The molecular weight excluding hydrogens is 304 g/mol. The number of hydrogen-bond acceptors (Lipinski definition) is 1. The summed E-state index contributed by atoms with van der Waals surface area (Å²) < 4.78 is 2.40. The smallest absolute Gasteiger partial charge is 0.101 e. The zero-order valence-corrected chi connectivity index (χ0v) is 14.5. The van der Waals surface area contributed by atoms with Gasteiger partial charge in [0.2, 0.25) is 0 Å². The van der Waals surface area contributed by atoms with Crippen LogP contribution in [-0.4, -0.2) is 4.57 Å². The van der Waals surface area contributed by atoms with E-state index in [1.54, 1.807) is 0 Å². The number of aryl methyl sites for hydroxylation is 1. The summed E-state index contributed by atoms with van der Waals surface area (Å²) in [5.74, 6) is 0. The summed E-state index contributed by atoms with van der Waals surface area (Å²) in [6.45, 7) is 4.41. The molecule has 1 atom stereocenters. The van der Waals surface area contributed by atoms with Gasteiger partial charge in [-0.15, -0.1) is 0 Å². The van der Waals surface area contributed by atoms with E-state index in [0.29, 0.717) is 0 Å². The van der Waals surface area contributed by atoms with Crippen molar-refractivity contribution in [1.82, 2.24) is 4.57 Å². The molecular formula is C23H20N2. The molecule has 0 fully saturated rings. The minimum absolute atomic E-state index is 0.277. The van der Waals surface area contributed by atoms with Crippen LogP contribution in [0.5, 0.6) is 0 Å². The van der Waals surface area contributed by atoms with E-state index in [4.69, 9.17) is 0 Å². The molecule has 1 unspecified atom stereocenters. The van der Waals surface area contributed by atoms with Crippen LogP contribution in [0.4, 0.5) is 5.69 Å². The number of nitrogens with one attached hydrogen (secondary N) is 1. The summed E-state index contributed by atoms with van der Waals surface area (Å²) in [6.07, 6.45) is 0. The Hall–Kier alpha value is -3.00. The van der Waals surface area contributed by atoms with Gasteiger partial charge < -0.3 is 9.88 Å². The number of rotatable bonds is 1. The molecule has 25 heavy (non-hydrogen) atoms. The van der Waals surface area contributed by atoms with Crippen molar-refractivity contribution in [3.63, 3.8) is 0 Å². The van der Waals surface area contributed by atoms with Gasteiger partial charge in [0.25, 0.3) is 0 Å². The van der Waals surface area contributed by atoms with Gasteiger partial charge in [0, 0.05) is 5.39 Å². The molecule has 0 bridgehead atoms.